The van der Waals surface area contributed by atoms with Crippen molar-refractivity contribution >= 4 is 42.2 Å². The van der Waals surface area contributed by atoms with Crippen LogP contribution in [0.5, 0.6) is 0 Å². The second-order valence-corrected chi connectivity index (χ2v) is 12.4. The number of rotatable bonds is 2. The van der Waals surface area contributed by atoms with Gasteiger partial charge in [-0.25, -0.2) is 11.1 Å². The van der Waals surface area contributed by atoms with Crippen LogP contribution in [0.15, 0.2) is 108 Å². The molecule has 0 amide bonds. The quantitative estimate of drug-likeness (QED) is 0.207. The van der Waals surface area contributed by atoms with E-state index in [1.165, 1.54) is 89.4 Å². The Morgan fingerprint density at radius 1 is 0.571 bits per heavy atom. The molecule has 2 atom stereocenters. The van der Waals surface area contributed by atoms with Crippen LogP contribution in [-0.2, 0) is 25.8 Å². The van der Waals surface area contributed by atoms with Gasteiger partial charge in [0.05, 0.1) is 0 Å². The summed E-state index contributed by atoms with van der Waals surface area (Å²) in [5, 5.41) is 5.21. The molecule has 0 nitrogen and oxygen atoms in total. The predicted octanol–water partition coefficient (Wildman–Crippen LogP) is 4.57. The third-order valence-electron chi connectivity index (χ3n) is 7.61. The van der Waals surface area contributed by atoms with Gasteiger partial charge >= 0.3 is 25.8 Å². The van der Waals surface area contributed by atoms with Crippen LogP contribution < -0.4 is 24.8 Å². The van der Waals surface area contributed by atoms with Gasteiger partial charge in [-0.1, -0.05) is 161 Å². The van der Waals surface area contributed by atoms with E-state index in [4.69, 9.17) is 0 Å². The molecule has 4 aromatic carbocycles. The molecule has 2 radical (unpaired) electrons. The van der Waals surface area contributed by atoms with Crippen molar-refractivity contribution in [3.63, 3.8) is 0 Å². The van der Waals surface area contributed by atoms with E-state index in [-0.39, 0.29) is 50.7 Å². The van der Waals surface area contributed by atoms with Crippen molar-refractivity contribution in [1.82, 2.24) is 0 Å². The molecule has 0 N–H and O–H groups in total. The Hall–Kier alpha value is -1.97. The topological polar surface area (TPSA) is 0 Å². The van der Waals surface area contributed by atoms with Gasteiger partial charge in [-0.15, -0.1) is 0 Å². The first kappa shape index (κ1) is 36.2. The largest absolute Gasteiger partial charge is 4.00 e. The standard InChI is InChI=1S/2C17H15.C4H8Si.2ClH.Hf/c2*1-12-9-13(2)17(10-12)16-8-7-14-5-3-4-6-15(14)11-16;1-2-4-5-3-1;;;/h2*3-8,10-12H,1-2H3;1-4H2;2*1H;/q2*-1;;;;+4/p-2. The van der Waals surface area contributed by atoms with Crippen LogP contribution in [0.4, 0.5) is 0 Å². The van der Waals surface area contributed by atoms with Gasteiger partial charge in [-0.3, -0.25) is 12.2 Å². The molecule has 1 aliphatic heterocycles. The van der Waals surface area contributed by atoms with E-state index in [9.17, 15) is 0 Å². The van der Waals surface area contributed by atoms with Gasteiger partial charge in [0.15, 0.2) is 0 Å². The minimum absolute atomic E-state index is 0. The molecule has 2 aliphatic carbocycles. The Morgan fingerprint density at radius 2 is 0.952 bits per heavy atom. The molecule has 7 rings (SSSR count). The molecule has 2 unspecified atom stereocenters. The summed E-state index contributed by atoms with van der Waals surface area (Å²) >= 11 is 0. The summed E-state index contributed by atoms with van der Waals surface area (Å²) in [6.07, 6.45) is 14.5. The molecular formula is C38H38Cl2HfSi. The van der Waals surface area contributed by atoms with Crippen LogP contribution in [0.25, 0.3) is 32.7 Å². The molecule has 0 saturated carbocycles. The van der Waals surface area contributed by atoms with Gasteiger partial charge in [0, 0.05) is 9.52 Å². The third-order valence-corrected chi connectivity index (χ3v) is 9.02. The molecule has 4 aromatic rings. The van der Waals surface area contributed by atoms with Gasteiger partial charge in [0.2, 0.25) is 0 Å². The maximum absolute atomic E-state index is 3.44. The number of benzene rings is 4. The van der Waals surface area contributed by atoms with Crippen molar-refractivity contribution in [2.75, 3.05) is 0 Å². The smallest absolute Gasteiger partial charge is 1.00 e. The van der Waals surface area contributed by atoms with E-state index in [1.54, 1.807) is 0 Å². The van der Waals surface area contributed by atoms with E-state index in [1.807, 2.05) is 0 Å². The van der Waals surface area contributed by atoms with Crippen molar-refractivity contribution < 1.29 is 50.7 Å². The van der Waals surface area contributed by atoms with E-state index < -0.39 is 0 Å². The number of hydrogen-bond donors (Lipinski definition) is 0. The molecule has 0 aromatic heterocycles. The van der Waals surface area contributed by atoms with Crippen LogP contribution in [0.1, 0.15) is 51.7 Å². The summed E-state index contributed by atoms with van der Waals surface area (Å²) in [5.74, 6) is 0.882. The Kier molecular flexibility index (Phi) is 15.0. The molecule has 42 heavy (non-hydrogen) atoms. The molecule has 0 bridgehead atoms. The summed E-state index contributed by atoms with van der Waals surface area (Å²) in [6.45, 7) is 8.64. The number of halogens is 2. The number of allylic oxidation sites excluding steroid dienone is 8. The molecule has 1 fully saturated rings. The first-order valence-electron chi connectivity index (χ1n) is 14.3. The summed E-state index contributed by atoms with van der Waals surface area (Å²) in [6, 6.07) is 33.4. The van der Waals surface area contributed by atoms with Crippen LogP contribution in [-0.4, -0.2) is 9.52 Å². The van der Waals surface area contributed by atoms with Crippen molar-refractivity contribution in [2.45, 2.75) is 52.6 Å². The molecular weight excluding hydrogens is 734 g/mol. The average molecular weight is 772 g/mol. The van der Waals surface area contributed by atoms with Gasteiger partial charge in [-0.2, -0.15) is 23.3 Å². The zero-order valence-corrected chi connectivity index (χ0v) is 31.1. The maximum Gasteiger partial charge on any atom is 4.00 e. The van der Waals surface area contributed by atoms with E-state index in [0.717, 1.165) is 0 Å². The number of fused-ring (bicyclic) bond motifs is 2. The average Bonchev–Trinajstić information content (AvgIpc) is 3.71. The van der Waals surface area contributed by atoms with Gasteiger partial charge in [0.1, 0.15) is 0 Å². The first-order valence-corrected chi connectivity index (χ1v) is 15.7. The Bertz CT molecular complexity index is 1470. The van der Waals surface area contributed by atoms with Gasteiger partial charge in [-0.05, 0) is 21.5 Å². The Balaban J connectivity index is 0.000000237. The minimum Gasteiger partial charge on any atom is -1.00 e. The molecule has 1 heterocycles. The third kappa shape index (κ3) is 9.26. The Labute approximate surface area is 286 Å². The second kappa shape index (κ2) is 17.4. The fourth-order valence-electron chi connectivity index (χ4n) is 5.64. The van der Waals surface area contributed by atoms with Crippen LogP contribution in [0, 0.1) is 24.0 Å². The fraction of sp³-hybridized carbons (Fsp3) is 0.263. The molecule has 1 saturated heterocycles. The summed E-state index contributed by atoms with van der Waals surface area (Å²) in [4.78, 5) is 0. The zero-order valence-electron chi connectivity index (χ0n) is 25.0. The zero-order chi connectivity index (χ0) is 27.2. The van der Waals surface area contributed by atoms with Crippen LogP contribution in [0.3, 0.4) is 0 Å². The monoisotopic (exact) mass is 772 g/mol. The van der Waals surface area contributed by atoms with Crippen molar-refractivity contribution in [3.8, 4) is 0 Å². The summed E-state index contributed by atoms with van der Waals surface area (Å²) < 4.78 is 0. The summed E-state index contributed by atoms with van der Waals surface area (Å²) in [5.41, 5.74) is 7.82. The SMILES string of the molecule is C1CC[Si]C1.CC1=[C-]C(C)C=C1c1ccc2ccccc2c1.CC1=[C-]C(C)C=C1c1ccc2ccccc2c1.[Cl-].[Cl-].[Hf+4]. The van der Waals surface area contributed by atoms with Crippen LogP contribution in [0.2, 0.25) is 12.1 Å². The van der Waals surface area contributed by atoms with Crippen LogP contribution >= 0.6 is 0 Å². The molecule has 212 valence electrons. The van der Waals surface area contributed by atoms with Gasteiger partial charge in [0.25, 0.3) is 0 Å². The predicted molar refractivity (Wildman–Crippen MR) is 172 cm³/mol. The Morgan fingerprint density at radius 3 is 1.26 bits per heavy atom. The number of hydrogen-bond acceptors (Lipinski definition) is 0. The van der Waals surface area contributed by atoms with E-state index in [2.05, 4.69) is 137 Å². The van der Waals surface area contributed by atoms with Crippen molar-refractivity contribution in [2.24, 2.45) is 11.8 Å². The summed E-state index contributed by atoms with van der Waals surface area (Å²) in [7, 11) is 1.31. The van der Waals surface area contributed by atoms with Crippen molar-refractivity contribution in [1.29, 1.82) is 0 Å². The molecule has 3 aliphatic rings. The normalized spacial score (nSPS) is 18.5. The minimum atomic E-state index is 0. The molecule has 4 heteroatoms. The fourth-order valence-corrected chi connectivity index (χ4v) is 6.89. The van der Waals surface area contributed by atoms with Crippen molar-refractivity contribution in [3.05, 3.63) is 132 Å². The van der Waals surface area contributed by atoms with E-state index in [0.29, 0.717) is 11.8 Å². The maximum atomic E-state index is 3.44. The second-order valence-electron chi connectivity index (χ2n) is 10.9. The van der Waals surface area contributed by atoms with E-state index >= 15 is 0 Å². The van der Waals surface area contributed by atoms with Gasteiger partial charge < -0.3 is 24.8 Å². The first-order chi connectivity index (χ1) is 19.0. The molecule has 0 spiro atoms.